The molecule has 0 spiro atoms. The highest BCUT2D eigenvalue weighted by atomic mass is 16.5. The second-order valence-electron chi connectivity index (χ2n) is 11.6. The maximum atomic E-state index is 12.8. The van der Waals surface area contributed by atoms with Crippen LogP contribution in [-0.4, -0.2) is 12.6 Å². The monoisotopic (exact) mass is 509 g/mol. The van der Waals surface area contributed by atoms with Crippen molar-refractivity contribution >= 4 is 5.97 Å². The Kier molecular flexibility index (Phi) is 30.2. The second kappa shape index (κ2) is 30.7. The van der Waals surface area contributed by atoms with E-state index in [0.717, 1.165) is 19.3 Å². The van der Waals surface area contributed by atoms with Crippen LogP contribution < -0.4 is 0 Å². The Balaban J connectivity index is 3.90. The SMILES string of the molecule is CCCCCCCCCCCCCCCCC(CCCCCCCC)C(=O)OCCCCCCCC. The summed E-state index contributed by atoms with van der Waals surface area (Å²) in [6.07, 6.45) is 36.8. The molecule has 0 aromatic heterocycles. The lowest BCUT2D eigenvalue weighted by Gasteiger charge is -2.16. The molecule has 0 heterocycles. The molecule has 1 unspecified atom stereocenters. The van der Waals surface area contributed by atoms with Crippen LogP contribution in [0.15, 0.2) is 0 Å². The Hall–Kier alpha value is -0.530. The molecule has 0 saturated carbocycles. The van der Waals surface area contributed by atoms with Gasteiger partial charge in [0.25, 0.3) is 0 Å². The van der Waals surface area contributed by atoms with E-state index >= 15 is 0 Å². The molecule has 0 aliphatic carbocycles. The van der Waals surface area contributed by atoms with Crippen LogP contribution in [0.3, 0.4) is 0 Å². The van der Waals surface area contributed by atoms with Crippen molar-refractivity contribution in [3.8, 4) is 0 Å². The molecule has 0 radical (unpaired) electrons. The van der Waals surface area contributed by atoms with Crippen molar-refractivity contribution in [2.45, 2.75) is 201 Å². The fourth-order valence-corrected chi connectivity index (χ4v) is 5.31. The zero-order valence-corrected chi connectivity index (χ0v) is 25.4. The standard InChI is InChI=1S/C34H68O2/c1-4-7-10-13-16-17-18-19-20-21-22-23-25-28-31-33(30-27-24-14-11-8-5-2)34(35)36-32-29-26-15-12-9-6-3/h33H,4-32H2,1-3H3. The van der Waals surface area contributed by atoms with E-state index in [-0.39, 0.29) is 11.9 Å². The fourth-order valence-electron chi connectivity index (χ4n) is 5.31. The summed E-state index contributed by atoms with van der Waals surface area (Å²) in [7, 11) is 0. The number of hydrogen-bond donors (Lipinski definition) is 0. The van der Waals surface area contributed by atoms with Gasteiger partial charge in [0.15, 0.2) is 0 Å². The van der Waals surface area contributed by atoms with E-state index in [0.29, 0.717) is 6.61 Å². The molecule has 0 fully saturated rings. The summed E-state index contributed by atoms with van der Waals surface area (Å²) >= 11 is 0. The third-order valence-electron chi connectivity index (χ3n) is 7.89. The highest BCUT2D eigenvalue weighted by molar-refractivity contribution is 5.72. The van der Waals surface area contributed by atoms with Crippen LogP contribution in [0, 0.1) is 5.92 Å². The summed E-state index contributed by atoms with van der Waals surface area (Å²) in [4.78, 5) is 12.8. The number of carbonyl (C=O) groups excluding carboxylic acids is 1. The lowest BCUT2D eigenvalue weighted by atomic mass is 9.94. The van der Waals surface area contributed by atoms with Gasteiger partial charge in [-0.1, -0.05) is 181 Å². The summed E-state index contributed by atoms with van der Waals surface area (Å²) in [5.41, 5.74) is 0. The Morgan fingerprint density at radius 3 is 1.03 bits per heavy atom. The quantitative estimate of drug-likeness (QED) is 0.0712. The zero-order valence-electron chi connectivity index (χ0n) is 25.4. The Bertz CT molecular complexity index is 419. The second-order valence-corrected chi connectivity index (χ2v) is 11.6. The first-order valence-electron chi connectivity index (χ1n) is 16.9. The van der Waals surface area contributed by atoms with Gasteiger partial charge in [-0.25, -0.2) is 0 Å². The van der Waals surface area contributed by atoms with Gasteiger partial charge < -0.3 is 4.74 Å². The van der Waals surface area contributed by atoms with Crippen molar-refractivity contribution in [1.29, 1.82) is 0 Å². The molecule has 1 atom stereocenters. The van der Waals surface area contributed by atoms with Crippen LogP contribution in [0.4, 0.5) is 0 Å². The first-order valence-corrected chi connectivity index (χ1v) is 16.9. The lowest BCUT2D eigenvalue weighted by molar-refractivity contribution is -0.149. The van der Waals surface area contributed by atoms with Gasteiger partial charge in [-0.15, -0.1) is 0 Å². The molecule has 2 nitrogen and oxygen atoms in total. The molecule has 216 valence electrons. The molecule has 0 aliphatic rings. The number of ether oxygens (including phenoxy) is 1. The lowest BCUT2D eigenvalue weighted by Crippen LogP contribution is -2.18. The van der Waals surface area contributed by atoms with Gasteiger partial charge in [0.05, 0.1) is 12.5 Å². The summed E-state index contributed by atoms with van der Waals surface area (Å²) in [6, 6.07) is 0. The van der Waals surface area contributed by atoms with Gasteiger partial charge in [0, 0.05) is 0 Å². The van der Waals surface area contributed by atoms with Crippen LogP contribution in [0.2, 0.25) is 0 Å². The molecular weight excluding hydrogens is 440 g/mol. The number of hydrogen-bond acceptors (Lipinski definition) is 2. The van der Waals surface area contributed by atoms with Crippen molar-refractivity contribution in [3.63, 3.8) is 0 Å². The minimum atomic E-state index is 0.104. The highest BCUT2D eigenvalue weighted by Gasteiger charge is 2.19. The maximum absolute atomic E-state index is 12.8. The predicted octanol–water partition coefficient (Wildman–Crippen LogP) is 12.1. The Morgan fingerprint density at radius 2 is 0.694 bits per heavy atom. The van der Waals surface area contributed by atoms with Crippen molar-refractivity contribution < 1.29 is 9.53 Å². The topological polar surface area (TPSA) is 26.3 Å². The van der Waals surface area contributed by atoms with Crippen LogP contribution >= 0.6 is 0 Å². The van der Waals surface area contributed by atoms with Gasteiger partial charge in [-0.3, -0.25) is 4.79 Å². The smallest absolute Gasteiger partial charge is 0.308 e. The molecule has 0 aliphatic heterocycles. The molecule has 36 heavy (non-hydrogen) atoms. The number of esters is 1. The summed E-state index contributed by atoms with van der Waals surface area (Å²) in [6.45, 7) is 7.45. The molecule has 0 saturated heterocycles. The van der Waals surface area contributed by atoms with E-state index in [1.54, 1.807) is 0 Å². The van der Waals surface area contributed by atoms with Crippen LogP contribution in [-0.2, 0) is 9.53 Å². The van der Waals surface area contributed by atoms with E-state index in [1.165, 1.54) is 161 Å². The molecule has 0 amide bonds. The summed E-state index contributed by atoms with van der Waals surface area (Å²) < 4.78 is 5.74. The molecule has 0 aromatic carbocycles. The fraction of sp³-hybridized carbons (Fsp3) is 0.971. The summed E-state index contributed by atoms with van der Waals surface area (Å²) in [5.74, 6) is 0.250. The molecule has 0 bridgehead atoms. The van der Waals surface area contributed by atoms with Gasteiger partial charge in [-0.2, -0.15) is 0 Å². The van der Waals surface area contributed by atoms with E-state index in [1.807, 2.05) is 0 Å². The highest BCUT2D eigenvalue weighted by Crippen LogP contribution is 2.21. The zero-order chi connectivity index (χ0) is 26.4. The van der Waals surface area contributed by atoms with Gasteiger partial charge in [-0.05, 0) is 19.3 Å². The molecular formula is C34H68O2. The predicted molar refractivity (Wildman–Crippen MR) is 161 cm³/mol. The average molecular weight is 509 g/mol. The summed E-state index contributed by atoms with van der Waals surface area (Å²) in [5, 5.41) is 0. The van der Waals surface area contributed by atoms with Gasteiger partial charge >= 0.3 is 5.97 Å². The number of unbranched alkanes of at least 4 members (excludes halogenated alkanes) is 23. The van der Waals surface area contributed by atoms with Gasteiger partial charge in [0.1, 0.15) is 0 Å². The maximum Gasteiger partial charge on any atom is 0.308 e. The molecule has 0 rings (SSSR count). The van der Waals surface area contributed by atoms with Crippen LogP contribution in [0.1, 0.15) is 201 Å². The van der Waals surface area contributed by atoms with Crippen LogP contribution in [0.25, 0.3) is 0 Å². The van der Waals surface area contributed by atoms with E-state index in [4.69, 9.17) is 4.74 Å². The molecule has 2 heteroatoms. The van der Waals surface area contributed by atoms with E-state index in [2.05, 4.69) is 20.8 Å². The average Bonchev–Trinajstić information content (AvgIpc) is 2.88. The van der Waals surface area contributed by atoms with E-state index < -0.39 is 0 Å². The Morgan fingerprint density at radius 1 is 0.417 bits per heavy atom. The van der Waals surface area contributed by atoms with Crippen molar-refractivity contribution in [2.24, 2.45) is 5.92 Å². The first kappa shape index (κ1) is 35.5. The normalized spacial score (nSPS) is 12.2. The van der Waals surface area contributed by atoms with Gasteiger partial charge in [0.2, 0.25) is 0 Å². The van der Waals surface area contributed by atoms with Crippen LogP contribution in [0.5, 0.6) is 0 Å². The largest absolute Gasteiger partial charge is 0.465 e. The minimum Gasteiger partial charge on any atom is -0.465 e. The first-order chi connectivity index (χ1) is 17.8. The Labute approximate surface area is 228 Å². The molecule has 0 N–H and O–H groups in total. The number of rotatable bonds is 30. The van der Waals surface area contributed by atoms with Crippen molar-refractivity contribution in [2.75, 3.05) is 6.61 Å². The van der Waals surface area contributed by atoms with Crippen molar-refractivity contribution in [1.82, 2.24) is 0 Å². The number of carbonyl (C=O) groups is 1. The van der Waals surface area contributed by atoms with Crippen molar-refractivity contribution in [3.05, 3.63) is 0 Å². The molecule has 0 aromatic rings. The van der Waals surface area contributed by atoms with E-state index in [9.17, 15) is 4.79 Å². The third kappa shape index (κ3) is 26.5. The minimum absolute atomic E-state index is 0.104. The third-order valence-corrected chi connectivity index (χ3v) is 7.89.